The number of carbonyl (C=O) groups is 1. The van der Waals surface area contributed by atoms with Crippen molar-refractivity contribution >= 4 is 22.9 Å². The summed E-state index contributed by atoms with van der Waals surface area (Å²) < 4.78 is 38.7. The van der Waals surface area contributed by atoms with Gasteiger partial charge in [0, 0.05) is 18.0 Å². The van der Waals surface area contributed by atoms with Gasteiger partial charge in [-0.3, -0.25) is 20.5 Å². The molecule has 0 aliphatic carbocycles. The second-order valence-electron chi connectivity index (χ2n) is 5.55. The van der Waals surface area contributed by atoms with Gasteiger partial charge in [0.25, 0.3) is 5.91 Å². The van der Waals surface area contributed by atoms with Crippen molar-refractivity contribution in [2.45, 2.75) is 19.1 Å². The van der Waals surface area contributed by atoms with E-state index in [4.69, 9.17) is 0 Å². The first-order chi connectivity index (χ1) is 11.4. The van der Waals surface area contributed by atoms with E-state index in [1.54, 1.807) is 11.3 Å². The number of thiophene rings is 1. The summed E-state index contributed by atoms with van der Waals surface area (Å²) in [6.45, 7) is 1.59. The van der Waals surface area contributed by atoms with Crippen molar-refractivity contribution < 1.29 is 18.0 Å². The molecule has 8 heteroatoms. The number of carbonyl (C=O) groups excluding carboxylic acids is 1. The van der Waals surface area contributed by atoms with Gasteiger partial charge in [-0.15, -0.1) is 11.3 Å². The number of benzene rings is 1. The minimum atomic E-state index is -4.48. The molecule has 0 saturated carbocycles. The van der Waals surface area contributed by atoms with Crippen LogP contribution in [0.3, 0.4) is 0 Å². The number of nitrogens with one attached hydrogen (secondary N) is 2. The molecule has 2 heterocycles. The molecule has 1 aromatic carbocycles. The molecular formula is C16H16F3N3OS. The van der Waals surface area contributed by atoms with Crippen molar-refractivity contribution in [2.24, 2.45) is 0 Å². The molecule has 0 atom stereocenters. The summed E-state index contributed by atoms with van der Waals surface area (Å²) in [5.74, 6) is -0.370. The van der Waals surface area contributed by atoms with E-state index in [2.05, 4.69) is 10.9 Å². The maximum atomic E-state index is 12.9. The van der Waals surface area contributed by atoms with Gasteiger partial charge in [-0.1, -0.05) is 12.1 Å². The van der Waals surface area contributed by atoms with E-state index in [1.807, 2.05) is 16.3 Å². The highest BCUT2D eigenvalue weighted by Gasteiger charge is 2.33. The molecule has 2 N–H and O–H groups in total. The maximum absolute atomic E-state index is 12.9. The molecule has 1 aromatic heterocycles. The molecule has 128 valence electrons. The Morgan fingerprint density at radius 2 is 2.04 bits per heavy atom. The Balaban J connectivity index is 1.55. The average molecular weight is 355 g/mol. The topological polar surface area (TPSA) is 44.4 Å². The van der Waals surface area contributed by atoms with Crippen LogP contribution in [0.25, 0.3) is 0 Å². The fourth-order valence-electron chi connectivity index (χ4n) is 2.66. The SMILES string of the molecule is O=C(CN1CCc2sccc2C1)NNc1ccccc1C(F)(F)F. The summed E-state index contributed by atoms with van der Waals surface area (Å²) in [6, 6.07) is 7.08. The summed E-state index contributed by atoms with van der Waals surface area (Å²) in [4.78, 5) is 15.3. The standard InChI is InChI=1S/C16H16F3N3OS/c17-16(18,19)12-3-1-2-4-13(12)20-21-15(23)10-22-7-5-14-11(9-22)6-8-24-14/h1-4,6,8,20H,5,7,9-10H2,(H,21,23). The van der Waals surface area contributed by atoms with Crippen LogP contribution in [0, 0.1) is 0 Å². The van der Waals surface area contributed by atoms with Crippen molar-refractivity contribution in [2.75, 3.05) is 18.5 Å². The van der Waals surface area contributed by atoms with Crippen molar-refractivity contribution in [1.29, 1.82) is 0 Å². The third-order valence-corrected chi connectivity index (χ3v) is 4.85. The van der Waals surface area contributed by atoms with Crippen molar-refractivity contribution in [3.8, 4) is 0 Å². The first-order valence-electron chi connectivity index (χ1n) is 7.42. The zero-order valence-corrected chi connectivity index (χ0v) is 13.5. The van der Waals surface area contributed by atoms with E-state index in [0.29, 0.717) is 6.54 Å². The highest BCUT2D eigenvalue weighted by Crippen LogP contribution is 2.34. The predicted octanol–water partition coefficient (Wildman–Crippen LogP) is 3.27. The average Bonchev–Trinajstić information content (AvgIpc) is 3.00. The fourth-order valence-corrected chi connectivity index (χ4v) is 3.55. The molecule has 2 aromatic rings. The van der Waals surface area contributed by atoms with E-state index >= 15 is 0 Å². The predicted molar refractivity (Wildman–Crippen MR) is 86.5 cm³/mol. The molecular weight excluding hydrogens is 339 g/mol. The largest absolute Gasteiger partial charge is 0.418 e. The minimum absolute atomic E-state index is 0.135. The fraction of sp³-hybridized carbons (Fsp3) is 0.312. The van der Waals surface area contributed by atoms with E-state index in [0.717, 1.165) is 19.0 Å². The molecule has 24 heavy (non-hydrogen) atoms. The van der Waals surface area contributed by atoms with E-state index in [9.17, 15) is 18.0 Å². The molecule has 0 bridgehead atoms. The van der Waals surface area contributed by atoms with Gasteiger partial charge in [0.1, 0.15) is 0 Å². The second-order valence-corrected chi connectivity index (χ2v) is 6.55. The molecule has 0 fully saturated rings. The van der Waals surface area contributed by atoms with Gasteiger partial charge in [0.15, 0.2) is 0 Å². The summed E-state index contributed by atoms with van der Waals surface area (Å²) in [5, 5.41) is 2.03. The molecule has 1 amide bonds. The van der Waals surface area contributed by atoms with Gasteiger partial charge in [-0.05, 0) is 35.6 Å². The molecule has 3 rings (SSSR count). The Hall–Kier alpha value is -2.06. The number of hydrogen-bond donors (Lipinski definition) is 2. The zero-order chi connectivity index (χ0) is 17.2. The van der Waals surface area contributed by atoms with Crippen LogP contribution in [-0.2, 0) is 23.9 Å². The maximum Gasteiger partial charge on any atom is 0.418 e. The van der Waals surface area contributed by atoms with E-state index in [-0.39, 0.29) is 18.1 Å². The number of para-hydroxylation sites is 1. The molecule has 0 unspecified atom stereocenters. The van der Waals surface area contributed by atoms with Crippen LogP contribution >= 0.6 is 11.3 Å². The number of hydrogen-bond acceptors (Lipinski definition) is 4. The van der Waals surface area contributed by atoms with Gasteiger partial charge < -0.3 is 0 Å². The number of rotatable bonds is 4. The lowest BCUT2D eigenvalue weighted by Crippen LogP contribution is -2.41. The third kappa shape index (κ3) is 3.88. The summed E-state index contributed by atoms with van der Waals surface area (Å²) >= 11 is 1.71. The lowest BCUT2D eigenvalue weighted by molar-refractivity contribution is -0.137. The number of hydrazine groups is 1. The van der Waals surface area contributed by atoms with Crippen molar-refractivity contribution in [3.05, 3.63) is 51.7 Å². The zero-order valence-electron chi connectivity index (χ0n) is 12.7. The Labute approximate surface area is 141 Å². The Morgan fingerprint density at radius 1 is 1.25 bits per heavy atom. The van der Waals surface area contributed by atoms with Crippen LogP contribution in [0.15, 0.2) is 35.7 Å². The van der Waals surface area contributed by atoms with Gasteiger partial charge in [0.2, 0.25) is 0 Å². The van der Waals surface area contributed by atoms with E-state index < -0.39 is 11.7 Å². The number of fused-ring (bicyclic) bond motifs is 1. The lowest BCUT2D eigenvalue weighted by atomic mass is 10.1. The van der Waals surface area contributed by atoms with Crippen LogP contribution in [0.5, 0.6) is 0 Å². The Bertz CT molecular complexity index is 729. The van der Waals surface area contributed by atoms with E-state index in [1.165, 1.54) is 28.6 Å². The van der Waals surface area contributed by atoms with Gasteiger partial charge in [-0.25, -0.2) is 0 Å². The molecule has 4 nitrogen and oxygen atoms in total. The van der Waals surface area contributed by atoms with Crippen LogP contribution in [0.4, 0.5) is 18.9 Å². The normalized spacial score (nSPS) is 15.0. The smallest absolute Gasteiger partial charge is 0.298 e. The van der Waals surface area contributed by atoms with Gasteiger partial charge in [-0.2, -0.15) is 13.2 Å². The molecule has 1 aliphatic heterocycles. The summed E-state index contributed by atoms with van der Waals surface area (Å²) in [6.07, 6.45) is -3.58. The molecule has 1 aliphatic rings. The molecule has 0 radical (unpaired) electrons. The van der Waals surface area contributed by atoms with Crippen LogP contribution in [-0.4, -0.2) is 23.9 Å². The highest BCUT2D eigenvalue weighted by atomic mass is 32.1. The number of anilines is 1. The minimum Gasteiger partial charge on any atom is -0.298 e. The lowest BCUT2D eigenvalue weighted by Gasteiger charge is -2.26. The third-order valence-electron chi connectivity index (χ3n) is 3.82. The van der Waals surface area contributed by atoms with Crippen LogP contribution in [0.2, 0.25) is 0 Å². The summed E-state index contributed by atoms with van der Waals surface area (Å²) in [5.41, 5.74) is 4.96. The van der Waals surface area contributed by atoms with Crippen LogP contribution in [0.1, 0.15) is 16.0 Å². The first kappa shape index (κ1) is 16.8. The highest BCUT2D eigenvalue weighted by molar-refractivity contribution is 7.10. The number of alkyl halides is 3. The number of halogens is 3. The number of amides is 1. The monoisotopic (exact) mass is 355 g/mol. The Kier molecular flexibility index (Phi) is 4.77. The first-order valence-corrected chi connectivity index (χ1v) is 8.30. The van der Waals surface area contributed by atoms with Gasteiger partial charge in [0.05, 0.1) is 17.8 Å². The Morgan fingerprint density at radius 3 is 2.83 bits per heavy atom. The molecule has 0 spiro atoms. The van der Waals surface area contributed by atoms with Crippen molar-refractivity contribution in [3.63, 3.8) is 0 Å². The van der Waals surface area contributed by atoms with Gasteiger partial charge >= 0.3 is 6.18 Å². The molecule has 0 saturated heterocycles. The van der Waals surface area contributed by atoms with Crippen molar-refractivity contribution in [1.82, 2.24) is 10.3 Å². The second kappa shape index (κ2) is 6.82. The quantitative estimate of drug-likeness (QED) is 0.828. The summed E-state index contributed by atoms with van der Waals surface area (Å²) in [7, 11) is 0. The number of nitrogens with zero attached hydrogens (tertiary/aromatic N) is 1. The van der Waals surface area contributed by atoms with Crippen LogP contribution < -0.4 is 10.9 Å².